The van der Waals surface area contributed by atoms with E-state index in [2.05, 4.69) is 19.2 Å². The van der Waals surface area contributed by atoms with Crippen LogP contribution in [0, 0.1) is 0 Å². The molecule has 0 fully saturated rings. The third kappa shape index (κ3) is 6.59. The van der Waals surface area contributed by atoms with Gasteiger partial charge in [0, 0.05) is 28.3 Å². The molecular formula is C14H23NOS. The van der Waals surface area contributed by atoms with Gasteiger partial charge in [-0.1, -0.05) is 37.3 Å². The molecule has 0 heterocycles. The van der Waals surface area contributed by atoms with Crippen molar-refractivity contribution in [2.24, 2.45) is 0 Å². The molecule has 2 atom stereocenters. The number of nitrogens with one attached hydrogen (secondary N) is 1. The number of hydrogen-bond donors (Lipinski definition) is 1. The largest absolute Gasteiger partial charge is 0.314 e. The third-order valence-electron chi connectivity index (χ3n) is 2.69. The Hall–Kier alpha value is -0.670. The predicted octanol–water partition coefficient (Wildman–Crippen LogP) is 2.71. The summed E-state index contributed by atoms with van der Waals surface area (Å²) in [7, 11) is -0.737. The number of benzene rings is 1. The smallest absolute Gasteiger partial charge is 0.0485 e. The molecule has 1 aromatic rings. The lowest BCUT2D eigenvalue weighted by atomic mass is 10.2. The van der Waals surface area contributed by atoms with Crippen LogP contribution in [0.15, 0.2) is 30.3 Å². The molecule has 0 radical (unpaired) electrons. The zero-order chi connectivity index (χ0) is 12.5. The molecule has 3 heteroatoms. The monoisotopic (exact) mass is 253 g/mol. The summed E-state index contributed by atoms with van der Waals surface area (Å²) in [5, 5.41) is 3.42. The van der Waals surface area contributed by atoms with Gasteiger partial charge in [0.25, 0.3) is 0 Å². The van der Waals surface area contributed by atoms with Gasteiger partial charge in [-0.05, 0) is 31.9 Å². The molecule has 0 aliphatic rings. The Morgan fingerprint density at radius 2 is 2.00 bits per heavy atom. The Labute approximate surface area is 107 Å². The van der Waals surface area contributed by atoms with Crippen molar-refractivity contribution in [1.29, 1.82) is 0 Å². The molecule has 0 amide bonds. The van der Waals surface area contributed by atoms with Crippen molar-refractivity contribution in [3.8, 4) is 0 Å². The van der Waals surface area contributed by atoms with E-state index >= 15 is 0 Å². The van der Waals surface area contributed by atoms with E-state index in [1.54, 1.807) is 0 Å². The van der Waals surface area contributed by atoms with Crippen molar-refractivity contribution in [3.63, 3.8) is 0 Å². The lowest BCUT2D eigenvalue weighted by Gasteiger charge is -2.12. The Morgan fingerprint density at radius 1 is 1.29 bits per heavy atom. The summed E-state index contributed by atoms with van der Waals surface area (Å²) in [5.41, 5.74) is 1.17. The first-order valence-corrected chi connectivity index (χ1v) is 7.83. The van der Waals surface area contributed by atoms with Crippen molar-refractivity contribution in [3.05, 3.63) is 35.9 Å². The quantitative estimate of drug-likeness (QED) is 0.772. The summed E-state index contributed by atoms with van der Waals surface area (Å²) in [6, 6.07) is 10.5. The number of rotatable bonds is 8. The van der Waals surface area contributed by atoms with Crippen molar-refractivity contribution in [1.82, 2.24) is 5.32 Å². The maximum absolute atomic E-state index is 11.9. The molecule has 0 spiro atoms. The Morgan fingerprint density at radius 3 is 2.65 bits per heavy atom. The van der Waals surface area contributed by atoms with Crippen molar-refractivity contribution >= 4 is 10.8 Å². The zero-order valence-corrected chi connectivity index (χ0v) is 11.6. The van der Waals surface area contributed by atoms with E-state index in [0.717, 1.165) is 25.1 Å². The average molecular weight is 253 g/mol. The maximum atomic E-state index is 11.9. The molecule has 96 valence electrons. The normalized spacial score (nSPS) is 14.5. The molecule has 2 unspecified atom stereocenters. The summed E-state index contributed by atoms with van der Waals surface area (Å²) in [6.07, 6.45) is 2.14. The van der Waals surface area contributed by atoms with E-state index in [4.69, 9.17) is 0 Å². The molecule has 0 aliphatic heterocycles. The molecule has 2 nitrogen and oxygen atoms in total. The minimum absolute atomic E-state index is 0.467. The van der Waals surface area contributed by atoms with Crippen LogP contribution in [0.4, 0.5) is 0 Å². The highest BCUT2D eigenvalue weighted by Gasteiger charge is 2.05. The molecule has 17 heavy (non-hydrogen) atoms. The predicted molar refractivity (Wildman–Crippen MR) is 75.5 cm³/mol. The van der Waals surface area contributed by atoms with E-state index in [9.17, 15) is 4.21 Å². The van der Waals surface area contributed by atoms with E-state index in [1.165, 1.54) is 5.56 Å². The van der Waals surface area contributed by atoms with Crippen LogP contribution < -0.4 is 5.32 Å². The summed E-state index contributed by atoms with van der Waals surface area (Å²) < 4.78 is 11.9. The molecule has 1 rings (SSSR count). The van der Waals surface area contributed by atoms with Crippen LogP contribution in [0.2, 0.25) is 0 Å². The molecule has 0 saturated carbocycles. The summed E-state index contributed by atoms with van der Waals surface area (Å²) in [6.45, 7) is 5.37. The second-order valence-corrected chi connectivity index (χ2v) is 5.99. The summed E-state index contributed by atoms with van der Waals surface area (Å²) >= 11 is 0. The second-order valence-electron chi connectivity index (χ2n) is 4.42. The third-order valence-corrected chi connectivity index (χ3v) is 4.04. The van der Waals surface area contributed by atoms with Crippen LogP contribution in [0.25, 0.3) is 0 Å². The molecule has 1 aromatic carbocycles. The van der Waals surface area contributed by atoms with E-state index in [-0.39, 0.29) is 0 Å². The van der Waals surface area contributed by atoms with Crippen molar-refractivity contribution < 1.29 is 4.21 Å². The van der Waals surface area contributed by atoms with Gasteiger partial charge in [-0.25, -0.2) is 0 Å². The van der Waals surface area contributed by atoms with Crippen molar-refractivity contribution in [2.45, 2.75) is 38.5 Å². The first-order valence-electron chi connectivity index (χ1n) is 6.34. The van der Waals surface area contributed by atoms with E-state index in [1.807, 2.05) is 30.3 Å². The molecule has 1 N–H and O–H groups in total. The highest BCUT2D eigenvalue weighted by molar-refractivity contribution is 7.84. The SMILES string of the molecule is CCCNC(C)CCS(=O)Cc1ccccc1. The Bertz CT molecular complexity index is 326. The summed E-state index contributed by atoms with van der Waals surface area (Å²) in [4.78, 5) is 0. The van der Waals surface area contributed by atoms with Gasteiger partial charge in [0.05, 0.1) is 0 Å². The van der Waals surface area contributed by atoms with Crippen LogP contribution in [0.5, 0.6) is 0 Å². The maximum Gasteiger partial charge on any atom is 0.0485 e. The lowest BCUT2D eigenvalue weighted by Crippen LogP contribution is -2.28. The minimum atomic E-state index is -0.737. The van der Waals surface area contributed by atoms with Crippen LogP contribution in [0.3, 0.4) is 0 Å². The first-order chi connectivity index (χ1) is 8.22. The topological polar surface area (TPSA) is 29.1 Å². The van der Waals surface area contributed by atoms with Gasteiger partial charge in [0.2, 0.25) is 0 Å². The first kappa shape index (κ1) is 14.4. The Kier molecular flexibility index (Phi) is 7.13. The van der Waals surface area contributed by atoms with Gasteiger partial charge in [0.1, 0.15) is 0 Å². The van der Waals surface area contributed by atoms with Crippen molar-refractivity contribution in [2.75, 3.05) is 12.3 Å². The highest BCUT2D eigenvalue weighted by atomic mass is 32.2. The van der Waals surface area contributed by atoms with Gasteiger partial charge in [-0.2, -0.15) is 0 Å². The van der Waals surface area contributed by atoms with Gasteiger partial charge >= 0.3 is 0 Å². The molecule has 0 bridgehead atoms. The molecule has 0 aliphatic carbocycles. The lowest BCUT2D eigenvalue weighted by molar-refractivity contribution is 0.533. The van der Waals surface area contributed by atoms with Crippen LogP contribution in [0.1, 0.15) is 32.3 Å². The second kappa shape index (κ2) is 8.43. The van der Waals surface area contributed by atoms with E-state index < -0.39 is 10.8 Å². The zero-order valence-electron chi connectivity index (χ0n) is 10.8. The molecular weight excluding hydrogens is 230 g/mol. The van der Waals surface area contributed by atoms with E-state index in [0.29, 0.717) is 11.8 Å². The number of hydrogen-bond acceptors (Lipinski definition) is 2. The Balaban J connectivity index is 2.21. The van der Waals surface area contributed by atoms with Crippen LogP contribution in [-0.2, 0) is 16.6 Å². The fourth-order valence-electron chi connectivity index (χ4n) is 1.63. The highest BCUT2D eigenvalue weighted by Crippen LogP contribution is 2.04. The van der Waals surface area contributed by atoms with Gasteiger partial charge in [0.15, 0.2) is 0 Å². The van der Waals surface area contributed by atoms with Gasteiger partial charge in [-0.15, -0.1) is 0 Å². The fraction of sp³-hybridized carbons (Fsp3) is 0.571. The van der Waals surface area contributed by atoms with Gasteiger partial charge < -0.3 is 5.32 Å². The molecule has 0 saturated heterocycles. The summed E-state index contributed by atoms with van der Waals surface area (Å²) in [5.74, 6) is 1.47. The fourth-order valence-corrected chi connectivity index (χ4v) is 2.96. The van der Waals surface area contributed by atoms with Crippen LogP contribution >= 0.6 is 0 Å². The minimum Gasteiger partial charge on any atom is -0.314 e. The standard InChI is InChI=1S/C14H23NOS/c1-3-10-15-13(2)9-11-17(16)12-14-7-5-4-6-8-14/h4-8,13,15H,3,9-12H2,1-2H3. The average Bonchev–Trinajstić information content (AvgIpc) is 2.35. The van der Waals surface area contributed by atoms with Crippen LogP contribution in [-0.4, -0.2) is 22.5 Å². The van der Waals surface area contributed by atoms with Gasteiger partial charge in [-0.3, -0.25) is 4.21 Å². The molecule has 0 aromatic heterocycles.